The number of carbonyl (C=O) groups excluding carboxylic acids is 1. The number of halogens is 3. The van der Waals surface area contributed by atoms with Crippen LogP contribution in [0.3, 0.4) is 0 Å². The number of benzene rings is 1. The molecule has 1 rings (SSSR count). The first-order valence-corrected chi connectivity index (χ1v) is 5.31. The molecule has 0 amide bonds. The van der Waals surface area contributed by atoms with Crippen molar-refractivity contribution < 1.29 is 23.4 Å². The van der Waals surface area contributed by atoms with Crippen LogP contribution in [-0.4, -0.2) is 17.7 Å². The summed E-state index contributed by atoms with van der Waals surface area (Å²) in [5.41, 5.74) is -0.581. The van der Waals surface area contributed by atoms with Crippen molar-refractivity contribution in [2.75, 3.05) is 6.61 Å². The van der Waals surface area contributed by atoms with E-state index in [1.807, 2.05) is 0 Å². The van der Waals surface area contributed by atoms with E-state index in [-0.39, 0.29) is 11.6 Å². The van der Waals surface area contributed by atoms with E-state index in [4.69, 9.17) is 11.6 Å². The molecule has 1 unspecified atom stereocenters. The third-order valence-corrected chi connectivity index (χ3v) is 2.26. The second-order valence-electron chi connectivity index (χ2n) is 3.31. The third kappa shape index (κ3) is 3.64. The second-order valence-corrected chi connectivity index (χ2v) is 3.74. The number of esters is 1. The summed E-state index contributed by atoms with van der Waals surface area (Å²) in [4.78, 5) is 11.1. The number of carbonyl (C=O) groups is 1. The van der Waals surface area contributed by atoms with Crippen LogP contribution in [-0.2, 0) is 9.53 Å². The van der Waals surface area contributed by atoms with Gasteiger partial charge < -0.3 is 9.84 Å². The number of hydrogen-bond acceptors (Lipinski definition) is 3. The highest BCUT2D eigenvalue weighted by molar-refractivity contribution is 6.30. The van der Waals surface area contributed by atoms with Crippen molar-refractivity contribution in [3.63, 3.8) is 0 Å². The van der Waals surface area contributed by atoms with Gasteiger partial charge in [-0.05, 0) is 19.1 Å². The van der Waals surface area contributed by atoms with E-state index in [1.165, 1.54) is 0 Å². The maximum atomic E-state index is 13.4. The lowest BCUT2D eigenvalue weighted by Gasteiger charge is -2.12. The minimum Gasteiger partial charge on any atom is -0.466 e. The van der Waals surface area contributed by atoms with Gasteiger partial charge in [-0.15, -0.1) is 0 Å². The minimum atomic E-state index is -1.59. The number of aliphatic hydroxyl groups is 1. The molecule has 17 heavy (non-hydrogen) atoms. The average Bonchev–Trinajstić information content (AvgIpc) is 2.15. The van der Waals surface area contributed by atoms with E-state index in [0.717, 1.165) is 12.1 Å². The Morgan fingerprint density at radius 2 is 2.00 bits per heavy atom. The topological polar surface area (TPSA) is 46.5 Å². The minimum absolute atomic E-state index is 0.118. The predicted molar refractivity (Wildman–Crippen MR) is 57.6 cm³/mol. The summed E-state index contributed by atoms with van der Waals surface area (Å²) in [6, 6.07) is 1.74. The Morgan fingerprint density at radius 3 is 2.47 bits per heavy atom. The summed E-state index contributed by atoms with van der Waals surface area (Å²) in [7, 11) is 0. The van der Waals surface area contributed by atoms with E-state index in [9.17, 15) is 18.7 Å². The zero-order valence-electron chi connectivity index (χ0n) is 9.04. The van der Waals surface area contributed by atoms with E-state index in [1.54, 1.807) is 6.92 Å². The molecule has 3 nitrogen and oxygen atoms in total. The first kappa shape index (κ1) is 13.9. The van der Waals surface area contributed by atoms with Crippen LogP contribution in [0.25, 0.3) is 0 Å². The second kappa shape index (κ2) is 5.93. The summed E-state index contributed by atoms with van der Waals surface area (Å²) in [6.07, 6.45) is -2.10. The fourth-order valence-corrected chi connectivity index (χ4v) is 1.54. The molecule has 0 bridgehead atoms. The Kier molecular flexibility index (Phi) is 4.84. The number of aliphatic hydroxyl groups excluding tert-OH is 1. The van der Waals surface area contributed by atoms with Crippen molar-refractivity contribution in [1.29, 1.82) is 0 Å². The summed E-state index contributed by atoms with van der Waals surface area (Å²) < 4.78 is 31.3. The average molecular weight is 265 g/mol. The van der Waals surface area contributed by atoms with Crippen molar-refractivity contribution in [3.8, 4) is 0 Å². The van der Waals surface area contributed by atoms with Crippen molar-refractivity contribution in [1.82, 2.24) is 0 Å². The summed E-state index contributed by atoms with van der Waals surface area (Å²) >= 11 is 5.43. The molecule has 0 radical (unpaired) electrons. The Morgan fingerprint density at radius 1 is 1.47 bits per heavy atom. The molecule has 0 spiro atoms. The largest absolute Gasteiger partial charge is 0.466 e. The van der Waals surface area contributed by atoms with Gasteiger partial charge in [0.1, 0.15) is 11.6 Å². The summed E-state index contributed by atoms with van der Waals surface area (Å²) in [6.45, 7) is 1.73. The Labute approximate surface area is 102 Å². The van der Waals surface area contributed by atoms with Gasteiger partial charge in [0, 0.05) is 5.02 Å². The highest BCUT2D eigenvalue weighted by atomic mass is 35.5. The molecular weight excluding hydrogens is 254 g/mol. The molecule has 0 saturated heterocycles. The Hall–Kier alpha value is -1.20. The van der Waals surface area contributed by atoms with Crippen molar-refractivity contribution in [2.24, 2.45) is 0 Å². The van der Waals surface area contributed by atoms with Gasteiger partial charge >= 0.3 is 5.97 Å². The number of rotatable bonds is 4. The van der Waals surface area contributed by atoms with Gasteiger partial charge in [0.15, 0.2) is 0 Å². The van der Waals surface area contributed by atoms with Crippen LogP contribution in [0.1, 0.15) is 25.0 Å². The zero-order valence-corrected chi connectivity index (χ0v) is 9.80. The van der Waals surface area contributed by atoms with Gasteiger partial charge in [0.2, 0.25) is 0 Å². The van der Waals surface area contributed by atoms with Crippen LogP contribution in [0.15, 0.2) is 12.1 Å². The fraction of sp³-hybridized carbons (Fsp3) is 0.364. The summed E-state index contributed by atoms with van der Waals surface area (Å²) in [5, 5.41) is 9.43. The lowest BCUT2D eigenvalue weighted by molar-refractivity contribution is -0.145. The number of ether oxygens (including phenoxy) is 1. The summed E-state index contributed by atoms with van der Waals surface area (Å²) in [5.74, 6) is -2.72. The molecule has 0 aromatic heterocycles. The molecular formula is C11H11ClF2O3. The van der Waals surface area contributed by atoms with Gasteiger partial charge in [0.25, 0.3) is 0 Å². The normalized spacial score (nSPS) is 12.3. The van der Waals surface area contributed by atoms with Gasteiger partial charge in [0.05, 0.1) is 24.7 Å². The smallest absolute Gasteiger partial charge is 0.308 e. The van der Waals surface area contributed by atoms with Crippen molar-refractivity contribution in [3.05, 3.63) is 34.4 Å². The van der Waals surface area contributed by atoms with Crippen LogP contribution in [0, 0.1) is 11.6 Å². The molecule has 0 fully saturated rings. The first-order valence-electron chi connectivity index (χ1n) is 4.93. The molecule has 1 atom stereocenters. The molecule has 1 aromatic carbocycles. The van der Waals surface area contributed by atoms with Crippen LogP contribution in [0.4, 0.5) is 8.78 Å². The molecule has 0 aliphatic rings. The molecule has 0 aliphatic carbocycles. The molecule has 1 N–H and O–H groups in total. The first-order chi connectivity index (χ1) is 7.95. The molecule has 0 heterocycles. The highest BCUT2D eigenvalue weighted by Crippen LogP contribution is 2.26. The van der Waals surface area contributed by atoms with Gasteiger partial charge in [-0.1, -0.05) is 11.6 Å². The van der Waals surface area contributed by atoms with Crippen molar-refractivity contribution >= 4 is 17.6 Å². The Balaban J connectivity index is 2.89. The van der Waals surface area contributed by atoms with Gasteiger partial charge in [-0.2, -0.15) is 0 Å². The maximum absolute atomic E-state index is 13.4. The molecule has 0 saturated carbocycles. The van der Waals surface area contributed by atoms with Crippen LogP contribution in [0.2, 0.25) is 5.02 Å². The van der Waals surface area contributed by atoms with Gasteiger partial charge in [-0.3, -0.25) is 4.79 Å². The fourth-order valence-electron chi connectivity index (χ4n) is 1.35. The van der Waals surface area contributed by atoms with E-state index in [2.05, 4.69) is 4.74 Å². The number of hydrogen-bond donors (Lipinski definition) is 1. The Bertz CT molecular complexity index is 400. The van der Waals surface area contributed by atoms with Crippen molar-refractivity contribution in [2.45, 2.75) is 19.4 Å². The lowest BCUT2D eigenvalue weighted by Crippen LogP contribution is -2.12. The molecule has 1 aromatic rings. The molecule has 0 aliphatic heterocycles. The lowest BCUT2D eigenvalue weighted by atomic mass is 10.1. The predicted octanol–water partition coefficient (Wildman–Crippen LogP) is 2.60. The van der Waals surface area contributed by atoms with E-state index in [0.29, 0.717) is 0 Å². The quantitative estimate of drug-likeness (QED) is 0.851. The van der Waals surface area contributed by atoms with E-state index >= 15 is 0 Å². The SMILES string of the molecule is CCOC(=O)CC(O)c1c(F)cc(Cl)cc1F. The highest BCUT2D eigenvalue weighted by Gasteiger charge is 2.22. The zero-order chi connectivity index (χ0) is 13.0. The standard InChI is InChI=1S/C11H11ClF2O3/c1-2-17-10(16)5-9(15)11-7(13)3-6(12)4-8(11)14/h3-4,9,15H,2,5H2,1H3. The third-order valence-electron chi connectivity index (χ3n) is 2.04. The molecule has 6 heteroatoms. The van der Waals surface area contributed by atoms with Crippen LogP contribution in [0.5, 0.6) is 0 Å². The van der Waals surface area contributed by atoms with Gasteiger partial charge in [-0.25, -0.2) is 8.78 Å². The maximum Gasteiger partial charge on any atom is 0.308 e. The van der Waals surface area contributed by atoms with Crippen LogP contribution >= 0.6 is 11.6 Å². The molecule has 94 valence electrons. The van der Waals surface area contributed by atoms with Crippen LogP contribution < -0.4 is 0 Å². The monoisotopic (exact) mass is 264 g/mol. The van der Waals surface area contributed by atoms with E-state index < -0.39 is 35.7 Å².